The summed E-state index contributed by atoms with van der Waals surface area (Å²) in [5.41, 5.74) is 0.523. The number of aromatic hydroxyl groups is 1. The summed E-state index contributed by atoms with van der Waals surface area (Å²) in [6, 6.07) is 18.6. The molecule has 0 spiro atoms. The van der Waals surface area contributed by atoms with Gasteiger partial charge in [-0.3, -0.25) is 4.79 Å². The molecule has 33 heavy (non-hydrogen) atoms. The molecule has 2 nitrogen and oxygen atoms in total. The van der Waals surface area contributed by atoms with Gasteiger partial charge in [-0.25, -0.2) is 17.6 Å². The first-order valence-corrected chi connectivity index (χ1v) is 11.2. The number of hydrogen-bond donors (Lipinski definition) is 1. The lowest BCUT2D eigenvalue weighted by molar-refractivity contribution is 0.103. The van der Waals surface area contributed by atoms with E-state index in [0.29, 0.717) is 20.2 Å². The van der Waals surface area contributed by atoms with Gasteiger partial charge >= 0.3 is 0 Å². The molecular formula is C25H14F4O2S2. The highest BCUT2D eigenvalue weighted by Gasteiger charge is 2.14. The van der Waals surface area contributed by atoms with Crippen LogP contribution in [-0.2, 0) is 0 Å². The van der Waals surface area contributed by atoms with E-state index < -0.39 is 23.3 Å². The summed E-state index contributed by atoms with van der Waals surface area (Å²) in [5.74, 6) is -4.91. The van der Waals surface area contributed by atoms with Crippen molar-refractivity contribution in [2.45, 2.75) is 19.6 Å². The van der Waals surface area contributed by atoms with E-state index in [9.17, 15) is 27.5 Å². The van der Waals surface area contributed by atoms with E-state index in [4.69, 9.17) is 0 Å². The number of carbonyl (C=O) groups excluding carboxylic acids is 1. The fourth-order valence-electron chi connectivity index (χ4n) is 2.93. The fourth-order valence-corrected chi connectivity index (χ4v) is 4.62. The van der Waals surface area contributed by atoms with Gasteiger partial charge in [0, 0.05) is 30.7 Å². The molecule has 4 rings (SSSR count). The summed E-state index contributed by atoms with van der Waals surface area (Å²) in [7, 11) is 0. The summed E-state index contributed by atoms with van der Waals surface area (Å²) >= 11 is 2.22. The molecule has 0 aliphatic heterocycles. The average molecular weight is 487 g/mol. The second kappa shape index (κ2) is 9.72. The molecule has 0 heterocycles. The topological polar surface area (TPSA) is 37.3 Å². The minimum atomic E-state index is -1.51. The largest absolute Gasteiger partial charge is 0.508 e. The number of phenolic OH excluding ortho intramolecular Hbond substituents is 1. The molecule has 0 saturated heterocycles. The van der Waals surface area contributed by atoms with Gasteiger partial charge in [0.2, 0.25) is 0 Å². The van der Waals surface area contributed by atoms with Gasteiger partial charge in [-0.05, 0) is 78.9 Å². The van der Waals surface area contributed by atoms with Crippen LogP contribution in [0.3, 0.4) is 0 Å². The molecule has 0 amide bonds. The molecule has 0 bridgehead atoms. The monoisotopic (exact) mass is 486 g/mol. The standard InChI is InChI=1S/C25H14F4O2S2/c26-20-11-15(25(31)14-1-4-16(30)5-2-14)3-10-23(20)33-18-8-6-17(7-9-18)32-19-12-21(27)24(29)22(28)13-19/h1-13,30H. The Kier molecular flexibility index (Phi) is 6.76. The third kappa shape index (κ3) is 5.40. The Balaban J connectivity index is 1.45. The average Bonchev–Trinajstić information content (AvgIpc) is 2.80. The highest BCUT2D eigenvalue weighted by atomic mass is 32.2. The minimum Gasteiger partial charge on any atom is -0.508 e. The lowest BCUT2D eigenvalue weighted by Crippen LogP contribution is -2.01. The van der Waals surface area contributed by atoms with Gasteiger partial charge < -0.3 is 5.11 Å². The Morgan fingerprint density at radius 1 is 0.606 bits per heavy atom. The van der Waals surface area contributed by atoms with Gasteiger partial charge in [-0.1, -0.05) is 23.5 Å². The number of phenols is 1. The van der Waals surface area contributed by atoms with Crippen molar-refractivity contribution in [3.05, 3.63) is 113 Å². The van der Waals surface area contributed by atoms with E-state index in [0.717, 1.165) is 35.7 Å². The predicted molar refractivity (Wildman–Crippen MR) is 119 cm³/mol. The van der Waals surface area contributed by atoms with Crippen molar-refractivity contribution >= 4 is 29.3 Å². The Morgan fingerprint density at radius 2 is 1.15 bits per heavy atom. The highest BCUT2D eigenvalue weighted by molar-refractivity contribution is 7.99. The number of rotatable bonds is 6. The van der Waals surface area contributed by atoms with Crippen LogP contribution in [0, 0.1) is 23.3 Å². The van der Waals surface area contributed by atoms with Crippen LogP contribution in [0.4, 0.5) is 17.6 Å². The molecule has 1 N–H and O–H groups in total. The van der Waals surface area contributed by atoms with E-state index in [1.54, 1.807) is 24.3 Å². The normalized spacial score (nSPS) is 10.9. The van der Waals surface area contributed by atoms with E-state index in [2.05, 4.69) is 0 Å². The van der Waals surface area contributed by atoms with Crippen LogP contribution in [0.2, 0.25) is 0 Å². The summed E-state index contributed by atoms with van der Waals surface area (Å²) in [6.45, 7) is 0. The third-order valence-electron chi connectivity index (χ3n) is 4.57. The molecule has 8 heteroatoms. The highest BCUT2D eigenvalue weighted by Crippen LogP contribution is 2.34. The van der Waals surface area contributed by atoms with Crippen molar-refractivity contribution in [3.63, 3.8) is 0 Å². The fraction of sp³-hybridized carbons (Fsp3) is 0. The molecule has 0 aromatic heterocycles. The second-order valence-corrected chi connectivity index (χ2v) is 9.16. The van der Waals surface area contributed by atoms with Crippen molar-refractivity contribution < 1.29 is 27.5 Å². The first-order chi connectivity index (χ1) is 15.8. The zero-order valence-corrected chi connectivity index (χ0v) is 18.3. The summed E-state index contributed by atoms with van der Waals surface area (Å²) in [6.07, 6.45) is 0. The van der Waals surface area contributed by atoms with Crippen molar-refractivity contribution in [1.29, 1.82) is 0 Å². The lowest BCUT2D eigenvalue weighted by atomic mass is 10.0. The minimum absolute atomic E-state index is 0.0332. The molecule has 0 radical (unpaired) electrons. The summed E-state index contributed by atoms with van der Waals surface area (Å²) in [5, 5.41) is 9.33. The quantitative estimate of drug-likeness (QED) is 0.174. The zero-order chi connectivity index (χ0) is 23.5. The number of ketones is 1. The maximum absolute atomic E-state index is 14.6. The molecule has 0 saturated carbocycles. The Morgan fingerprint density at radius 3 is 1.73 bits per heavy atom. The number of halogens is 4. The maximum Gasteiger partial charge on any atom is 0.194 e. The number of benzene rings is 4. The van der Waals surface area contributed by atoms with Gasteiger partial charge in [0.25, 0.3) is 0 Å². The van der Waals surface area contributed by atoms with Gasteiger partial charge in [0.1, 0.15) is 11.6 Å². The van der Waals surface area contributed by atoms with E-state index >= 15 is 0 Å². The Labute approximate surface area is 195 Å². The summed E-state index contributed by atoms with van der Waals surface area (Å²) < 4.78 is 54.5. The van der Waals surface area contributed by atoms with Crippen LogP contribution in [0.15, 0.2) is 98.4 Å². The molecule has 0 aliphatic rings. The Bertz CT molecular complexity index is 1300. The van der Waals surface area contributed by atoms with Crippen LogP contribution >= 0.6 is 23.5 Å². The smallest absolute Gasteiger partial charge is 0.194 e. The third-order valence-corrected chi connectivity index (χ3v) is 6.61. The second-order valence-electron chi connectivity index (χ2n) is 6.90. The van der Waals surface area contributed by atoms with Gasteiger partial charge in [-0.15, -0.1) is 0 Å². The molecule has 0 fully saturated rings. The zero-order valence-electron chi connectivity index (χ0n) is 16.7. The van der Waals surface area contributed by atoms with Gasteiger partial charge in [-0.2, -0.15) is 0 Å². The summed E-state index contributed by atoms with van der Waals surface area (Å²) in [4.78, 5) is 14.4. The number of hydrogen-bond acceptors (Lipinski definition) is 4. The van der Waals surface area contributed by atoms with Crippen molar-refractivity contribution in [2.24, 2.45) is 0 Å². The molecule has 4 aromatic rings. The van der Waals surface area contributed by atoms with Crippen LogP contribution in [0.5, 0.6) is 5.75 Å². The first kappa shape index (κ1) is 22.9. The Hall–Kier alpha value is -3.23. The van der Waals surface area contributed by atoms with Gasteiger partial charge in [0.15, 0.2) is 23.2 Å². The molecule has 0 unspecified atom stereocenters. The van der Waals surface area contributed by atoms with Gasteiger partial charge in [0.05, 0.1) is 0 Å². The van der Waals surface area contributed by atoms with Crippen molar-refractivity contribution in [3.8, 4) is 5.75 Å². The van der Waals surface area contributed by atoms with E-state index in [1.807, 2.05) is 0 Å². The molecule has 0 atom stereocenters. The molecular weight excluding hydrogens is 472 g/mol. The van der Waals surface area contributed by atoms with E-state index in [1.165, 1.54) is 42.5 Å². The lowest BCUT2D eigenvalue weighted by Gasteiger charge is -2.08. The predicted octanol–water partition coefficient (Wildman–Crippen LogP) is 7.48. The maximum atomic E-state index is 14.6. The first-order valence-electron chi connectivity index (χ1n) is 9.54. The van der Waals surface area contributed by atoms with E-state index in [-0.39, 0.29) is 22.0 Å². The van der Waals surface area contributed by atoms with Crippen LogP contribution in [-0.4, -0.2) is 10.9 Å². The van der Waals surface area contributed by atoms with Crippen LogP contribution in [0.1, 0.15) is 15.9 Å². The van der Waals surface area contributed by atoms with Crippen LogP contribution < -0.4 is 0 Å². The number of carbonyl (C=O) groups is 1. The van der Waals surface area contributed by atoms with Crippen LogP contribution in [0.25, 0.3) is 0 Å². The van der Waals surface area contributed by atoms with Crippen molar-refractivity contribution in [1.82, 2.24) is 0 Å². The van der Waals surface area contributed by atoms with Crippen molar-refractivity contribution in [2.75, 3.05) is 0 Å². The molecule has 166 valence electrons. The molecule has 4 aromatic carbocycles. The SMILES string of the molecule is O=C(c1ccc(O)cc1)c1ccc(Sc2ccc(Sc3cc(F)c(F)c(F)c3)cc2)c(F)c1. The molecule has 0 aliphatic carbocycles.